The second kappa shape index (κ2) is 3.96. The number of hydrogen-bond donors (Lipinski definition) is 3. The van der Waals surface area contributed by atoms with Crippen LogP contribution in [0.5, 0.6) is 0 Å². The van der Waals surface area contributed by atoms with Crippen molar-refractivity contribution in [3.63, 3.8) is 0 Å². The van der Waals surface area contributed by atoms with E-state index in [1.165, 1.54) is 0 Å². The second-order valence-electron chi connectivity index (χ2n) is 4.47. The number of benzene rings is 1. The lowest BCUT2D eigenvalue weighted by Gasteiger charge is -2.05. The SMILES string of the molecule is Cc1[nH]nc(CN)c1-c1ccc2c(c1)CC(=O)N2. The lowest BCUT2D eigenvalue weighted by Crippen LogP contribution is -2.03. The molecule has 3 rings (SSSR count). The predicted molar refractivity (Wildman–Crippen MR) is 69.0 cm³/mol. The molecule has 1 aromatic heterocycles. The van der Waals surface area contributed by atoms with Crippen molar-refractivity contribution in [2.45, 2.75) is 19.9 Å². The van der Waals surface area contributed by atoms with Gasteiger partial charge in [-0.2, -0.15) is 5.10 Å². The van der Waals surface area contributed by atoms with Crippen molar-refractivity contribution >= 4 is 11.6 Å². The summed E-state index contributed by atoms with van der Waals surface area (Å²) < 4.78 is 0. The van der Waals surface area contributed by atoms with Crippen LogP contribution in [0.15, 0.2) is 18.2 Å². The first-order valence-electron chi connectivity index (χ1n) is 5.86. The Kier molecular flexibility index (Phi) is 2.41. The van der Waals surface area contributed by atoms with E-state index in [0.29, 0.717) is 13.0 Å². The second-order valence-corrected chi connectivity index (χ2v) is 4.47. The minimum Gasteiger partial charge on any atom is -0.326 e. The van der Waals surface area contributed by atoms with Crippen LogP contribution >= 0.6 is 0 Å². The van der Waals surface area contributed by atoms with Crippen molar-refractivity contribution in [1.29, 1.82) is 0 Å². The number of carbonyl (C=O) groups excluding carboxylic acids is 1. The van der Waals surface area contributed by atoms with Gasteiger partial charge in [-0.3, -0.25) is 9.89 Å². The molecular formula is C13H14N4O. The van der Waals surface area contributed by atoms with Crippen LogP contribution in [0, 0.1) is 6.92 Å². The Morgan fingerprint density at radius 2 is 2.28 bits per heavy atom. The van der Waals surface area contributed by atoms with E-state index in [1.54, 1.807) is 0 Å². The van der Waals surface area contributed by atoms with Crippen LogP contribution in [0.1, 0.15) is 17.0 Å². The molecule has 5 nitrogen and oxygen atoms in total. The van der Waals surface area contributed by atoms with Gasteiger partial charge in [0.15, 0.2) is 0 Å². The quantitative estimate of drug-likeness (QED) is 0.743. The van der Waals surface area contributed by atoms with Crippen molar-refractivity contribution in [3.05, 3.63) is 35.2 Å². The van der Waals surface area contributed by atoms with Crippen LogP contribution in [-0.4, -0.2) is 16.1 Å². The molecule has 4 N–H and O–H groups in total. The van der Waals surface area contributed by atoms with Gasteiger partial charge >= 0.3 is 0 Å². The molecule has 92 valence electrons. The van der Waals surface area contributed by atoms with Crippen LogP contribution in [-0.2, 0) is 17.8 Å². The highest BCUT2D eigenvalue weighted by Gasteiger charge is 2.19. The highest BCUT2D eigenvalue weighted by atomic mass is 16.1. The van der Waals surface area contributed by atoms with Crippen molar-refractivity contribution in [1.82, 2.24) is 10.2 Å². The zero-order chi connectivity index (χ0) is 12.7. The Balaban J connectivity index is 2.11. The zero-order valence-corrected chi connectivity index (χ0v) is 10.1. The number of fused-ring (bicyclic) bond motifs is 1. The standard InChI is InChI=1S/C13H14N4O/c1-7-13(11(6-14)17-16-7)8-2-3-10-9(4-8)5-12(18)15-10/h2-4H,5-6,14H2,1H3,(H,15,18)(H,16,17). The maximum absolute atomic E-state index is 11.3. The van der Waals surface area contributed by atoms with E-state index in [4.69, 9.17) is 5.73 Å². The number of anilines is 1. The first-order valence-corrected chi connectivity index (χ1v) is 5.86. The van der Waals surface area contributed by atoms with Crippen molar-refractivity contribution in [3.8, 4) is 11.1 Å². The van der Waals surface area contributed by atoms with E-state index in [9.17, 15) is 4.79 Å². The molecule has 18 heavy (non-hydrogen) atoms. The molecule has 0 saturated carbocycles. The summed E-state index contributed by atoms with van der Waals surface area (Å²) in [4.78, 5) is 11.3. The topological polar surface area (TPSA) is 83.8 Å². The Bertz CT molecular complexity index is 630. The molecule has 1 aromatic carbocycles. The maximum Gasteiger partial charge on any atom is 0.228 e. The number of H-pyrrole nitrogens is 1. The summed E-state index contributed by atoms with van der Waals surface area (Å²) in [7, 11) is 0. The fraction of sp³-hybridized carbons (Fsp3) is 0.231. The highest BCUT2D eigenvalue weighted by molar-refractivity contribution is 5.99. The van der Waals surface area contributed by atoms with Crippen LogP contribution in [0.4, 0.5) is 5.69 Å². The average molecular weight is 242 g/mol. The number of nitrogens with two attached hydrogens (primary N) is 1. The normalized spacial score (nSPS) is 13.6. The van der Waals surface area contributed by atoms with Crippen molar-refractivity contribution in [2.75, 3.05) is 5.32 Å². The molecule has 0 atom stereocenters. The third-order valence-corrected chi connectivity index (χ3v) is 3.23. The van der Waals surface area contributed by atoms with Gasteiger partial charge in [0.25, 0.3) is 0 Å². The Hall–Kier alpha value is -2.14. The number of amides is 1. The molecule has 5 heteroatoms. The van der Waals surface area contributed by atoms with Gasteiger partial charge < -0.3 is 11.1 Å². The van der Waals surface area contributed by atoms with E-state index >= 15 is 0 Å². The number of carbonyl (C=O) groups is 1. The molecule has 2 heterocycles. The summed E-state index contributed by atoms with van der Waals surface area (Å²) >= 11 is 0. The number of rotatable bonds is 2. The molecule has 2 aromatic rings. The molecule has 0 spiro atoms. The molecule has 0 saturated heterocycles. The lowest BCUT2D eigenvalue weighted by atomic mass is 10.00. The number of hydrogen-bond acceptors (Lipinski definition) is 3. The van der Waals surface area contributed by atoms with Crippen LogP contribution in [0.2, 0.25) is 0 Å². The van der Waals surface area contributed by atoms with Crippen molar-refractivity contribution in [2.24, 2.45) is 5.73 Å². The van der Waals surface area contributed by atoms with Gasteiger partial charge in [-0.1, -0.05) is 6.07 Å². The number of nitrogens with one attached hydrogen (secondary N) is 2. The summed E-state index contributed by atoms with van der Waals surface area (Å²) in [6.45, 7) is 2.37. The first kappa shape index (κ1) is 11.0. The fourth-order valence-electron chi connectivity index (χ4n) is 2.40. The summed E-state index contributed by atoms with van der Waals surface area (Å²) in [5.41, 5.74) is 11.6. The van der Waals surface area contributed by atoms with Gasteiger partial charge in [0.1, 0.15) is 0 Å². The van der Waals surface area contributed by atoms with Gasteiger partial charge in [0.2, 0.25) is 5.91 Å². The summed E-state index contributed by atoms with van der Waals surface area (Å²) in [6, 6.07) is 5.95. The largest absolute Gasteiger partial charge is 0.326 e. The third-order valence-electron chi connectivity index (χ3n) is 3.23. The smallest absolute Gasteiger partial charge is 0.228 e. The Morgan fingerprint density at radius 3 is 3.06 bits per heavy atom. The monoisotopic (exact) mass is 242 g/mol. The Labute approximate surface area is 104 Å². The molecule has 1 aliphatic rings. The van der Waals surface area contributed by atoms with Crippen LogP contribution in [0.25, 0.3) is 11.1 Å². The van der Waals surface area contributed by atoms with E-state index in [-0.39, 0.29) is 5.91 Å². The van der Waals surface area contributed by atoms with Gasteiger partial charge in [-0.15, -0.1) is 0 Å². The third kappa shape index (κ3) is 1.60. The highest BCUT2D eigenvalue weighted by Crippen LogP contribution is 2.31. The molecule has 0 bridgehead atoms. The van der Waals surface area contributed by atoms with E-state index < -0.39 is 0 Å². The molecule has 1 aliphatic heterocycles. The van der Waals surface area contributed by atoms with E-state index in [2.05, 4.69) is 15.5 Å². The fourth-order valence-corrected chi connectivity index (χ4v) is 2.40. The number of aryl methyl sites for hydroxylation is 1. The van der Waals surface area contributed by atoms with Crippen molar-refractivity contribution < 1.29 is 4.79 Å². The van der Waals surface area contributed by atoms with E-state index in [1.807, 2.05) is 25.1 Å². The van der Waals surface area contributed by atoms with Gasteiger partial charge in [-0.05, 0) is 30.2 Å². The summed E-state index contributed by atoms with van der Waals surface area (Å²) in [6.07, 6.45) is 0.442. The summed E-state index contributed by atoms with van der Waals surface area (Å²) in [5, 5.41) is 9.96. The van der Waals surface area contributed by atoms with Crippen LogP contribution in [0.3, 0.4) is 0 Å². The predicted octanol–water partition coefficient (Wildman–Crippen LogP) is 1.34. The molecule has 0 aliphatic carbocycles. The number of nitrogens with zero attached hydrogens (tertiary/aromatic N) is 1. The Morgan fingerprint density at radius 1 is 1.44 bits per heavy atom. The minimum absolute atomic E-state index is 0.0464. The molecule has 0 fully saturated rings. The average Bonchev–Trinajstić information content (AvgIpc) is 2.89. The zero-order valence-electron chi connectivity index (χ0n) is 10.1. The number of aromatic nitrogens is 2. The molecule has 0 radical (unpaired) electrons. The first-order chi connectivity index (χ1) is 8.69. The lowest BCUT2D eigenvalue weighted by molar-refractivity contribution is -0.115. The molecule has 1 amide bonds. The van der Waals surface area contributed by atoms with Crippen LogP contribution < -0.4 is 11.1 Å². The van der Waals surface area contributed by atoms with Gasteiger partial charge in [0, 0.05) is 23.5 Å². The maximum atomic E-state index is 11.3. The van der Waals surface area contributed by atoms with Gasteiger partial charge in [-0.25, -0.2) is 0 Å². The minimum atomic E-state index is 0.0464. The number of aromatic amines is 1. The molecular weight excluding hydrogens is 228 g/mol. The summed E-state index contributed by atoms with van der Waals surface area (Å²) in [5.74, 6) is 0.0464. The molecule has 0 unspecified atom stereocenters. The van der Waals surface area contributed by atoms with Gasteiger partial charge in [0.05, 0.1) is 12.1 Å². The van der Waals surface area contributed by atoms with E-state index in [0.717, 1.165) is 33.8 Å².